The summed E-state index contributed by atoms with van der Waals surface area (Å²) in [6, 6.07) is 8.75. The highest BCUT2D eigenvalue weighted by Crippen LogP contribution is 2.28. The van der Waals surface area contributed by atoms with Crippen LogP contribution in [-0.2, 0) is 0 Å². The summed E-state index contributed by atoms with van der Waals surface area (Å²) in [7, 11) is 1.69. The Morgan fingerprint density at radius 3 is 3.00 bits per heavy atom. The lowest BCUT2D eigenvalue weighted by atomic mass is 10.1. The Morgan fingerprint density at radius 2 is 2.18 bits per heavy atom. The molecule has 22 heavy (non-hydrogen) atoms. The van der Waals surface area contributed by atoms with Crippen LogP contribution in [0.15, 0.2) is 46.4 Å². The molecule has 3 aromatic rings. The van der Waals surface area contributed by atoms with Crippen LogP contribution in [0.1, 0.15) is 11.4 Å². The zero-order chi connectivity index (χ0) is 15.3. The quantitative estimate of drug-likeness (QED) is 0.543. The largest absolute Gasteiger partial charge is 0.312 e. The molecule has 2 aromatic heterocycles. The summed E-state index contributed by atoms with van der Waals surface area (Å²) in [5, 5.41) is 5.30. The van der Waals surface area contributed by atoms with Crippen LogP contribution >= 0.6 is 11.6 Å². The van der Waals surface area contributed by atoms with Gasteiger partial charge in [-0.15, -0.1) is 0 Å². The third-order valence-electron chi connectivity index (χ3n) is 3.53. The van der Waals surface area contributed by atoms with Gasteiger partial charge in [-0.1, -0.05) is 11.6 Å². The van der Waals surface area contributed by atoms with Gasteiger partial charge in [0.2, 0.25) is 0 Å². The van der Waals surface area contributed by atoms with Gasteiger partial charge in [-0.2, -0.15) is 5.10 Å². The Labute approximate surface area is 130 Å². The van der Waals surface area contributed by atoms with Gasteiger partial charge < -0.3 is 5.43 Å². The molecular weight excluding hydrogens is 302 g/mol. The Balaban J connectivity index is 2.18. The molecule has 0 fully saturated rings. The lowest BCUT2D eigenvalue weighted by molar-refractivity contribution is 0.893. The SMILES string of the molecule is CN/N=C1\c2cc(Cl)ccc2-n2c1nc1ncccc1c2=O. The van der Waals surface area contributed by atoms with Gasteiger partial charge in [0.25, 0.3) is 5.56 Å². The van der Waals surface area contributed by atoms with Crippen LogP contribution in [0, 0.1) is 0 Å². The topological polar surface area (TPSA) is 72.2 Å². The number of benzene rings is 1. The van der Waals surface area contributed by atoms with E-state index in [9.17, 15) is 4.79 Å². The normalized spacial score (nSPS) is 14.2. The maximum atomic E-state index is 12.8. The lowest BCUT2D eigenvalue weighted by Crippen LogP contribution is -2.22. The van der Waals surface area contributed by atoms with E-state index in [-0.39, 0.29) is 5.56 Å². The molecule has 1 aromatic carbocycles. The van der Waals surface area contributed by atoms with Crippen molar-refractivity contribution in [2.45, 2.75) is 0 Å². The summed E-state index contributed by atoms with van der Waals surface area (Å²) in [5.41, 5.74) is 5.04. The summed E-state index contributed by atoms with van der Waals surface area (Å²) in [6.45, 7) is 0. The number of hydrazone groups is 1. The van der Waals surface area contributed by atoms with Crippen LogP contribution in [0.2, 0.25) is 5.02 Å². The minimum Gasteiger partial charge on any atom is -0.312 e. The fraction of sp³-hybridized carbons (Fsp3) is 0.0667. The standard InChI is InChI=1S/C15H10ClN5O/c1-17-20-12-10-7-8(16)4-5-11(10)21-14(12)19-13-9(15(21)22)3-2-6-18-13/h2-7,17H,1H3/b20-12+. The minimum atomic E-state index is -0.169. The fourth-order valence-corrected chi connectivity index (χ4v) is 2.81. The number of rotatable bonds is 1. The molecular formula is C15H10ClN5O. The van der Waals surface area contributed by atoms with Crippen LogP contribution in [0.25, 0.3) is 16.7 Å². The summed E-state index contributed by atoms with van der Waals surface area (Å²) in [5.74, 6) is 0.461. The van der Waals surface area contributed by atoms with Crippen LogP contribution in [0.4, 0.5) is 0 Å². The number of hydrogen-bond donors (Lipinski definition) is 1. The summed E-state index contributed by atoms with van der Waals surface area (Å²) in [6.07, 6.45) is 1.61. The van der Waals surface area contributed by atoms with Crippen molar-refractivity contribution in [2.24, 2.45) is 5.10 Å². The van der Waals surface area contributed by atoms with E-state index < -0.39 is 0 Å². The molecule has 0 radical (unpaired) electrons. The molecule has 0 spiro atoms. The maximum Gasteiger partial charge on any atom is 0.267 e. The maximum absolute atomic E-state index is 12.8. The number of nitrogens with one attached hydrogen (secondary N) is 1. The van der Waals surface area contributed by atoms with Gasteiger partial charge in [0, 0.05) is 23.8 Å². The molecule has 1 aliphatic rings. The van der Waals surface area contributed by atoms with Gasteiger partial charge in [-0.05, 0) is 30.3 Å². The second kappa shape index (κ2) is 4.64. The van der Waals surface area contributed by atoms with Gasteiger partial charge in [-0.3, -0.25) is 9.36 Å². The highest BCUT2D eigenvalue weighted by molar-refractivity contribution is 6.31. The molecule has 3 heterocycles. The molecule has 0 saturated carbocycles. The molecule has 6 nitrogen and oxygen atoms in total. The molecule has 0 bridgehead atoms. The van der Waals surface area contributed by atoms with Crippen LogP contribution in [0.3, 0.4) is 0 Å². The molecule has 108 valence electrons. The van der Waals surface area contributed by atoms with Crippen molar-refractivity contribution in [1.29, 1.82) is 0 Å². The lowest BCUT2D eigenvalue weighted by Gasteiger charge is -2.05. The van der Waals surface area contributed by atoms with E-state index >= 15 is 0 Å². The average Bonchev–Trinajstić information content (AvgIpc) is 2.82. The van der Waals surface area contributed by atoms with Crippen molar-refractivity contribution >= 4 is 28.3 Å². The zero-order valence-electron chi connectivity index (χ0n) is 11.5. The van der Waals surface area contributed by atoms with E-state index in [0.29, 0.717) is 27.6 Å². The van der Waals surface area contributed by atoms with Gasteiger partial charge in [-0.25, -0.2) is 9.97 Å². The molecule has 0 atom stereocenters. The van der Waals surface area contributed by atoms with Crippen LogP contribution < -0.4 is 11.0 Å². The summed E-state index contributed by atoms with van der Waals surface area (Å²) in [4.78, 5) is 21.5. The van der Waals surface area contributed by atoms with E-state index in [2.05, 4.69) is 20.5 Å². The monoisotopic (exact) mass is 311 g/mol. The Hall–Kier alpha value is -2.73. The smallest absolute Gasteiger partial charge is 0.267 e. The van der Waals surface area contributed by atoms with Crippen molar-refractivity contribution in [3.05, 3.63) is 63.3 Å². The first-order valence-electron chi connectivity index (χ1n) is 6.63. The van der Waals surface area contributed by atoms with Crippen LogP contribution in [-0.4, -0.2) is 27.3 Å². The molecule has 0 saturated heterocycles. The number of aromatic nitrogens is 3. The van der Waals surface area contributed by atoms with Gasteiger partial charge >= 0.3 is 0 Å². The Bertz CT molecular complexity index is 1010. The Morgan fingerprint density at radius 1 is 1.32 bits per heavy atom. The van der Waals surface area contributed by atoms with Gasteiger partial charge in [0.05, 0.1) is 11.1 Å². The summed E-state index contributed by atoms with van der Waals surface area (Å²) >= 11 is 6.08. The van der Waals surface area contributed by atoms with E-state index in [1.165, 1.54) is 0 Å². The first-order chi connectivity index (χ1) is 10.7. The number of nitrogens with zero attached hydrogens (tertiary/aromatic N) is 4. The van der Waals surface area contributed by atoms with E-state index in [0.717, 1.165) is 11.3 Å². The molecule has 0 unspecified atom stereocenters. The number of halogens is 1. The number of fused-ring (bicyclic) bond motifs is 4. The molecule has 4 rings (SSSR count). The first-order valence-corrected chi connectivity index (χ1v) is 7.01. The predicted octanol–water partition coefficient (Wildman–Crippen LogP) is 1.72. The van der Waals surface area contributed by atoms with Crippen molar-refractivity contribution in [1.82, 2.24) is 20.0 Å². The van der Waals surface area contributed by atoms with E-state index in [4.69, 9.17) is 11.6 Å². The van der Waals surface area contributed by atoms with Gasteiger partial charge in [0.1, 0.15) is 5.71 Å². The van der Waals surface area contributed by atoms with Crippen molar-refractivity contribution in [3.63, 3.8) is 0 Å². The van der Waals surface area contributed by atoms with E-state index in [1.54, 1.807) is 48.1 Å². The Kier molecular flexibility index (Phi) is 2.74. The van der Waals surface area contributed by atoms with Crippen molar-refractivity contribution in [3.8, 4) is 5.69 Å². The third kappa shape index (κ3) is 1.67. The van der Waals surface area contributed by atoms with E-state index in [1.807, 2.05) is 0 Å². The number of pyridine rings is 1. The third-order valence-corrected chi connectivity index (χ3v) is 3.77. The predicted molar refractivity (Wildman–Crippen MR) is 84.8 cm³/mol. The molecule has 0 aliphatic carbocycles. The van der Waals surface area contributed by atoms with Gasteiger partial charge in [0.15, 0.2) is 11.5 Å². The molecule has 0 amide bonds. The second-order valence-electron chi connectivity index (χ2n) is 4.80. The van der Waals surface area contributed by atoms with Crippen LogP contribution in [0.5, 0.6) is 0 Å². The minimum absolute atomic E-state index is 0.169. The second-order valence-corrected chi connectivity index (χ2v) is 5.23. The zero-order valence-corrected chi connectivity index (χ0v) is 12.3. The average molecular weight is 312 g/mol. The number of hydrogen-bond acceptors (Lipinski definition) is 5. The summed E-state index contributed by atoms with van der Waals surface area (Å²) < 4.78 is 1.55. The molecule has 1 aliphatic heterocycles. The first kappa shape index (κ1) is 13.0. The fourth-order valence-electron chi connectivity index (χ4n) is 2.64. The van der Waals surface area contributed by atoms with Crippen molar-refractivity contribution in [2.75, 3.05) is 7.05 Å². The highest BCUT2D eigenvalue weighted by Gasteiger charge is 2.29. The molecule has 1 N–H and O–H groups in total. The van der Waals surface area contributed by atoms with Crippen molar-refractivity contribution < 1.29 is 0 Å². The highest BCUT2D eigenvalue weighted by atomic mass is 35.5. The molecule has 7 heteroatoms.